The number of halogens is 4. The molecule has 1 atom stereocenters. The van der Waals surface area contributed by atoms with Crippen molar-refractivity contribution in [3.63, 3.8) is 0 Å². The van der Waals surface area contributed by atoms with Crippen LogP contribution in [0.3, 0.4) is 0 Å². The third-order valence-corrected chi connectivity index (χ3v) is 3.36. The molecular weight excluding hydrogens is 355 g/mol. The zero-order chi connectivity index (χ0) is 16.0. The Morgan fingerprint density at radius 2 is 1.86 bits per heavy atom. The van der Waals surface area contributed by atoms with Gasteiger partial charge in [0.05, 0.1) is 12.1 Å². The molecule has 21 heavy (non-hydrogen) atoms. The summed E-state index contributed by atoms with van der Waals surface area (Å²) in [6.45, 7) is 1.49. The molecule has 1 rings (SSSR count). The van der Waals surface area contributed by atoms with Gasteiger partial charge in [-0.1, -0.05) is 28.1 Å². The molecule has 1 aromatic rings. The van der Waals surface area contributed by atoms with Crippen LogP contribution >= 0.6 is 15.9 Å². The number of hydrogen-bond acceptors (Lipinski definition) is 3. The molecule has 0 saturated heterocycles. The Morgan fingerprint density at radius 1 is 1.29 bits per heavy atom. The molecule has 116 valence electrons. The Balaban J connectivity index is 2.56. The van der Waals surface area contributed by atoms with Gasteiger partial charge in [-0.25, -0.2) is 0 Å². The summed E-state index contributed by atoms with van der Waals surface area (Å²) in [5.74, 6) is -0.885. The average Bonchev–Trinajstić information content (AvgIpc) is 2.41. The third kappa shape index (κ3) is 5.74. The highest BCUT2D eigenvalue weighted by Gasteiger charge is 2.30. The predicted molar refractivity (Wildman–Crippen MR) is 72.8 cm³/mol. The van der Waals surface area contributed by atoms with Gasteiger partial charge in [0.25, 0.3) is 0 Å². The number of amides is 1. The molecule has 0 fully saturated rings. The smallest absolute Gasteiger partial charge is 0.416 e. The predicted octanol–water partition coefficient (Wildman–Crippen LogP) is 2.82. The molecule has 0 aromatic heterocycles. The summed E-state index contributed by atoms with van der Waals surface area (Å²) in [6.07, 6.45) is -4.42. The molecule has 0 radical (unpaired) electrons. The maximum atomic E-state index is 12.4. The summed E-state index contributed by atoms with van der Waals surface area (Å²) in [5, 5.41) is 2.45. The van der Waals surface area contributed by atoms with Crippen LogP contribution in [-0.4, -0.2) is 25.0 Å². The summed E-state index contributed by atoms with van der Waals surface area (Å²) in [6, 6.07) is 4.21. The lowest BCUT2D eigenvalue weighted by molar-refractivity contribution is -0.143. The van der Waals surface area contributed by atoms with E-state index in [0.717, 1.165) is 12.1 Å². The maximum absolute atomic E-state index is 12.4. The van der Waals surface area contributed by atoms with Crippen molar-refractivity contribution < 1.29 is 27.5 Å². The molecule has 1 amide bonds. The van der Waals surface area contributed by atoms with E-state index in [2.05, 4.69) is 21.2 Å². The van der Waals surface area contributed by atoms with Gasteiger partial charge in [-0.15, -0.1) is 0 Å². The van der Waals surface area contributed by atoms with E-state index in [0.29, 0.717) is 5.56 Å². The first-order chi connectivity index (χ1) is 9.71. The van der Waals surface area contributed by atoms with Gasteiger partial charge in [-0.3, -0.25) is 9.59 Å². The average molecular weight is 368 g/mol. The summed E-state index contributed by atoms with van der Waals surface area (Å²) in [5.41, 5.74) is -0.433. The molecule has 0 spiro atoms. The topological polar surface area (TPSA) is 55.4 Å². The number of nitrogens with one attached hydrogen (secondary N) is 1. The van der Waals surface area contributed by atoms with Gasteiger partial charge in [-0.2, -0.15) is 13.2 Å². The molecule has 0 aliphatic rings. The van der Waals surface area contributed by atoms with Gasteiger partial charge in [0.1, 0.15) is 11.4 Å². The fourth-order valence-corrected chi connectivity index (χ4v) is 1.87. The minimum atomic E-state index is -4.42. The van der Waals surface area contributed by atoms with Crippen molar-refractivity contribution in [2.24, 2.45) is 0 Å². The van der Waals surface area contributed by atoms with E-state index in [1.54, 1.807) is 0 Å². The van der Waals surface area contributed by atoms with E-state index in [9.17, 15) is 22.8 Å². The van der Waals surface area contributed by atoms with Crippen LogP contribution in [0.1, 0.15) is 22.9 Å². The van der Waals surface area contributed by atoms with Crippen LogP contribution in [0.15, 0.2) is 24.3 Å². The van der Waals surface area contributed by atoms with Crippen LogP contribution < -0.4 is 5.32 Å². The number of esters is 1. The highest BCUT2D eigenvalue weighted by molar-refractivity contribution is 9.09. The molecule has 0 heterocycles. The third-order valence-electron chi connectivity index (χ3n) is 2.46. The lowest BCUT2D eigenvalue weighted by Gasteiger charge is -2.12. The van der Waals surface area contributed by atoms with Crippen LogP contribution in [0, 0.1) is 0 Å². The Hall–Kier alpha value is -1.57. The van der Waals surface area contributed by atoms with E-state index < -0.39 is 22.5 Å². The van der Waals surface area contributed by atoms with Crippen LogP contribution in [0.4, 0.5) is 13.2 Å². The second-order valence-electron chi connectivity index (χ2n) is 4.13. The Bertz CT molecular complexity index is 502. The SMILES string of the molecule is CC(=O)NCCOC(=O)C(Br)c1ccc(C(F)(F)F)cc1. The van der Waals surface area contributed by atoms with Crippen LogP contribution in [-0.2, 0) is 20.5 Å². The second kappa shape index (κ2) is 7.44. The lowest BCUT2D eigenvalue weighted by Crippen LogP contribution is -2.26. The quantitative estimate of drug-likeness (QED) is 0.494. The van der Waals surface area contributed by atoms with Gasteiger partial charge in [-0.05, 0) is 17.7 Å². The van der Waals surface area contributed by atoms with Gasteiger partial charge >= 0.3 is 12.1 Å². The van der Waals surface area contributed by atoms with E-state index in [4.69, 9.17) is 4.74 Å². The summed E-state index contributed by atoms with van der Waals surface area (Å²) in [7, 11) is 0. The van der Waals surface area contributed by atoms with Crippen molar-refractivity contribution in [2.45, 2.75) is 17.9 Å². The minimum absolute atomic E-state index is 0.0127. The van der Waals surface area contributed by atoms with E-state index >= 15 is 0 Å². The Morgan fingerprint density at radius 3 is 2.33 bits per heavy atom. The first kappa shape index (κ1) is 17.5. The Kier molecular flexibility index (Phi) is 6.19. The number of benzene rings is 1. The van der Waals surface area contributed by atoms with Crippen molar-refractivity contribution >= 4 is 27.8 Å². The normalized spacial score (nSPS) is 12.6. The van der Waals surface area contributed by atoms with Crippen molar-refractivity contribution in [3.8, 4) is 0 Å². The standard InChI is InChI=1S/C13H13BrF3NO3/c1-8(19)18-6-7-21-12(20)11(14)9-2-4-10(5-3-9)13(15,16)17/h2-5,11H,6-7H2,1H3,(H,18,19). The molecule has 1 unspecified atom stereocenters. The molecular formula is C13H13BrF3NO3. The maximum Gasteiger partial charge on any atom is 0.416 e. The number of carbonyl (C=O) groups is 2. The highest BCUT2D eigenvalue weighted by Crippen LogP contribution is 2.31. The summed E-state index contributed by atoms with van der Waals surface area (Å²) < 4.78 is 42.1. The van der Waals surface area contributed by atoms with Gasteiger partial charge in [0, 0.05) is 6.92 Å². The minimum Gasteiger partial charge on any atom is -0.463 e. The fraction of sp³-hybridized carbons (Fsp3) is 0.385. The fourth-order valence-electron chi connectivity index (χ4n) is 1.43. The van der Waals surface area contributed by atoms with Gasteiger partial charge in [0.15, 0.2) is 0 Å². The number of alkyl halides is 4. The monoisotopic (exact) mass is 367 g/mol. The number of rotatable bonds is 5. The molecule has 8 heteroatoms. The largest absolute Gasteiger partial charge is 0.463 e. The second-order valence-corrected chi connectivity index (χ2v) is 5.05. The zero-order valence-electron chi connectivity index (χ0n) is 11.0. The van der Waals surface area contributed by atoms with Crippen molar-refractivity contribution in [1.82, 2.24) is 5.32 Å². The number of ether oxygens (including phenoxy) is 1. The van der Waals surface area contributed by atoms with Crippen LogP contribution in [0.25, 0.3) is 0 Å². The first-order valence-electron chi connectivity index (χ1n) is 5.94. The van der Waals surface area contributed by atoms with Crippen LogP contribution in [0.5, 0.6) is 0 Å². The van der Waals surface area contributed by atoms with Gasteiger partial charge in [0.2, 0.25) is 5.91 Å². The van der Waals surface area contributed by atoms with Crippen molar-refractivity contribution in [1.29, 1.82) is 0 Å². The van der Waals surface area contributed by atoms with E-state index in [1.807, 2.05) is 0 Å². The highest BCUT2D eigenvalue weighted by atomic mass is 79.9. The molecule has 0 aliphatic heterocycles. The Labute approximate surface area is 127 Å². The van der Waals surface area contributed by atoms with Crippen molar-refractivity contribution in [2.75, 3.05) is 13.2 Å². The van der Waals surface area contributed by atoms with Crippen LogP contribution in [0.2, 0.25) is 0 Å². The lowest BCUT2D eigenvalue weighted by atomic mass is 10.1. The number of hydrogen-bond donors (Lipinski definition) is 1. The van der Waals surface area contributed by atoms with Crippen molar-refractivity contribution in [3.05, 3.63) is 35.4 Å². The zero-order valence-corrected chi connectivity index (χ0v) is 12.6. The van der Waals surface area contributed by atoms with E-state index in [1.165, 1.54) is 19.1 Å². The molecule has 4 nitrogen and oxygen atoms in total. The molecule has 0 aliphatic carbocycles. The summed E-state index contributed by atoms with van der Waals surface area (Å²) >= 11 is 3.06. The van der Waals surface area contributed by atoms with Gasteiger partial charge < -0.3 is 10.1 Å². The molecule has 1 N–H and O–H groups in total. The van der Waals surface area contributed by atoms with E-state index in [-0.39, 0.29) is 19.1 Å². The number of carbonyl (C=O) groups excluding carboxylic acids is 2. The molecule has 0 saturated carbocycles. The first-order valence-corrected chi connectivity index (χ1v) is 6.85. The molecule has 1 aromatic carbocycles. The summed E-state index contributed by atoms with van der Waals surface area (Å²) in [4.78, 5) is 21.4. The molecule has 0 bridgehead atoms.